The highest BCUT2D eigenvalue weighted by atomic mass is 35.5. The summed E-state index contributed by atoms with van der Waals surface area (Å²) in [6.45, 7) is 1.11. The van der Waals surface area contributed by atoms with Crippen LogP contribution in [0.1, 0.15) is 0 Å². The van der Waals surface area contributed by atoms with Crippen molar-refractivity contribution in [2.45, 2.75) is 0 Å². The number of ether oxygens (including phenoxy) is 1. The van der Waals surface area contributed by atoms with Gasteiger partial charge in [0.15, 0.2) is 5.75 Å². The van der Waals surface area contributed by atoms with Crippen molar-refractivity contribution in [3.05, 3.63) is 57.5 Å². The van der Waals surface area contributed by atoms with E-state index in [0.717, 1.165) is 5.69 Å². The van der Waals surface area contributed by atoms with Crippen molar-refractivity contribution < 1.29 is 4.74 Å². The molecule has 2 aromatic carbocycles. The number of para-hydroxylation sites is 1. The van der Waals surface area contributed by atoms with Crippen LogP contribution < -0.4 is 10.1 Å². The van der Waals surface area contributed by atoms with E-state index in [-0.39, 0.29) is 0 Å². The Balaban J connectivity index is 1.82. The van der Waals surface area contributed by atoms with Crippen LogP contribution in [0.15, 0.2) is 42.5 Å². The van der Waals surface area contributed by atoms with E-state index >= 15 is 0 Å². The molecule has 0 saturated heterocycles. The lowest BCUT2D eigenvalue weighted by atomic mass is 10.3. The van der Waals surface area contributed by atoms with Crippen LogP contribution in [0.4, 0.5) is 5.69 Å². The van der Waals surface area contributed by atoms with Gasteiger partial charge in [-0.15, -0.1) is 0 Å². The first-order chi connectivity index (χ1) is 9.16. The Morgan fingerprint density at radius 2 is 1.53 bits per heavy atom. The zero-order valence-corrected chi connectivity index (χ0v) is 12.3. The molecule has 0 aliphatic heterocycles. The second-order valence-corrected chi connectivity index (χ2v) is 5.08. The van der Waals surface area contributed by atoms with E-state index in [2.05, 4.69) is 5.32 Å². The molecule has 0 heterocycles. The lowest BCUT2D eigenvalue weighted by molar-refractivity contribution is 0.333. The van der Waals surface area contributed by atoms with E-state index in [1.807, 2.05) is 24.3 Å². The molecular weight excluding hydrogens is 305 g/mol. The maximum absolute atomic E-state index is 6.00. The van der Waals surface area contributed by atoms with Gasteiger partial charge in [0.1, 0.15) is 6.61 Å². The Hall–Kier alpha value is -1.09. The molecule has 19 heavy (non-hydrogen) atoms. The second kappa shape index (κ2) is 6.90. The van der Waals surface area contributed by atoms with Gasteiger partial charge in [0, 0.05) is 17.3 Å². The summed E-state index contributed by atoms with van der Waals surface area (Å²) < 4.78 is 5.56. The number of hydrogen-bond acceptors (Lipinski definition) is 2. The van der Waals surface area contributed by atoms with Crippen molar-refractivity contribution in [1.29, 1.82) is 0 Å². The van der Waals surface area contributed by atoms with E-state index in [9.17, 15) is 0 Å². The number of hydrogen-bond donors (Lipinski definition) is 1. The third-order valence-electron chi connectivity index (χ3n) is 2.44. The highest BCUT2D eigenvalue weighted by Gasteiger charge is 2.05. The molecule has 2 nitrogen and oxygen atoms in total. The summed E-state index contributed by atoms with van der Waals surface area (Å²) in [5.74, 6) is 0.517. The van der Waals surface area contributed by atoms with Gasteiger partial charge in [0.25, 0.3) is 0 Å². The standard InChI is InChI=1S/C14H12Cl3NO/c15-10-4-6-11(7-5-10)18-8-9-19-14-12(16)2-1-3-13(14)17/h1-7,18H,8-9H2. The Labute approximate surface area is 127 Å². The van der Waals surface area contributed by atoms with Crippen molar-refractivity contribution in [2.24, 2.45) is 0 Å². The van der Waals surface area contributed by atoms with E-state index in [1.54, 1.807) is 18.2 Å². The van der Waals surface area contributed by atoms with Gasteiger partial charge in [-0.1, -0.05) is 40.9 Å². The van der Waals surface area contributed by atoms with E-state index in [1.165, 1.54) is 0 Å². The lowest BCUT2D eigenvalue weighted by Crippen LogP contribution is -2.11. The molecule has 0 unspecified atom stereocenters. The number of nitrogens with one attached hydrogen (secondary N) is 1. The molecule has 2 rings (SSSR count). The Morgan fingerprint density at radius 1 is 0.895 bits per heavy atom. The largest absolute Gasteiger partial charge is 0.489 e. The summed E-state index contributed by atoms with van der Waals surface area (Å²) in [4.78, 5) is 0. The summed E-state index contributed by atoms with van der Waals surface area (Å²) >= 11 is 17.8. The van der Waals surface area contributed by atoms with Crippen LogP contribution in [-0.4, -0.2) is 13.2 Å². The van der Waals surface area contributed by atoms with Gasteiger partial charge in [-0.05, 0) is 36.4 Å². The summed E-state index contributed by atoms with van der Waals surface area (Å²) in [5, 5.41) is 4.95. The summed E-state index contributed by atoms with van der Waals surface area (Å²) in [7, 11) is 0. The summed E-state index contributed by atoms with van der Waals surface area (Å²) in [6.07, 6.45) is 0. The molecule has 0 amide bonds. The lowest BCUT2D eigenvalue weighted by Gasteiger charge is -2.11. The summed E-state index contributed by atoms with van der Waals surface area (Å²) in [5.41, 5.74) is 0.984. The van der Waals surface area contributed by atoms with Gasteiger partial charge in [0.05, 0.1) is 10.0 Å². The monoisotopic (exact) mass is 315 g/mol. The van der Waals surface area contributed by atoms with Gasteiger partial charge in [0.2, 0.25) is 0 Å². The van der Waals surface area contributed by atoms with Crippen molar-refractivity contribution in [2.75, 3.05) is 18.5 Å². The average Bonchev–Trinajstić information content (AvgIpc) is 2.39. The van der Waals surface area contributed by atoms with Crippen molar-refractivity contribution in [3.63, 3.8) is 0 Å². The van der Waals surface area contributed by atoms with Crippen LogP contribution in [-0.2, 0) is 0 Å². The molecule has 0 bridgehead atoms. The van der Waals surface area contributed by atoms with Crippen molar-refractivity contribution in [3.8, 4) is 5.75 Å². The molecule has 5 heteroatoms. The first kappa shape index (κ1) is 14.3. The third kappa shape index (κ3) is 4.20. The first-order valence-corrected chi connectivity index (χ1v) is 6.86. The van der Waals surface area contributed by atoms with Crippen LogP contribution in [0, 0.1) is 0 Å². The molecule has 0 atom stereocenters. The van der Waals surface area contributed by atoms with Gasteiger partial charge >= 0.3 is 0 Å². The third-order valence-corrected chi connectivity index (χ3v) is 3.29. The second-order valence-electron chi connectivity index (χ2n) is 3.83. The molecule has 100 valence electrons. The number of benzene rings is 2. The molecule has 2 aromatic rings. The molecule has 0 spiro atoms. The highest BCUT2D eigenvalue weighted by molar-refractivity contribution is 6.37. The summed E-state index contributed by atoms with van der Waals surface area (Å²) in [6, 6.07) is 12.7. The minimum atomic E-state index is 0.464. The van der Waals surface area contributed by atoms with E-state index in [4.69, 9.17) is 39.5 Å². The SMILES string of the molecule is Clc1ccc(NCCOc2c(Cl)cccc2Cl)cc1. The molecule has 1 N–H and O–H groups in total. The highest BCUT2D eigenvalue weighted by Crippen LogP contribution is 2.32. The fraction of sp³-hybridized carbons (Fsp3) is 0.143. The van der Waals surface area contributed by atoms with E-state index in [0.29, 0.717) is 34.0 Å². The van der Waals surface area contributed by atoms with E-state index < -0.39 is 0 Å². The van der Waals surface area contributed by atoms with Crippen molar-refractivity contribution >= 4 is 40.5 Å². The number of rotatable bonds is 5. The van der Waals surface area contributed by atoms with Gasteiger partial charge in [-0.2, -0.15) is 0 Å². The first-order valence-electron chi connectivity index (χ1n) is 5.73. The van der Waals surface area contributed by atoms with Gasteiger partial charge in [-0.25, -0.2) is 0 Å². The quantitative estimate of drug-likeness (QED) is 0.771. The number of anilines is 1. The minimum Gasteiger partial charge on any atom is -0.489 e. The minimum absolute atomic E-state index is 0.464. The zero-order chi connectivity index (χ0) is 13.7. The molecule has 0 aromatic heterocycles. The topological polar surface area (TPSA) is 21.3 Å². The maximum Gasteiger partial charge on any atom is 0.156 e. The van der Waals surface area contributed by atoms with Crippen molar-refractivity contribution in [1.82, 2.24) is 0 Å². The predicted octanol–water partition coefficient (Wildman–Crippen LogP) is 5.14. The molecule has 0 aliphatic rings. The Morgan fingerprint density at radius 3 is 2.16 bits per heavy atom. The maximum atomic E-state index is 6.00. The fourth-order valence-corrected chi connectivity index (χ4v) is 2.17. The molecular formula is C14H12Cl3NO. The van der Waals surface area contributed by atoms with Crippen LogP contribution in [0.2, 0.25) is 15.1 Å². The van der Waals surface area contributed by atoms with Gasteiger partial charge < -0.3 is 10.1 Å². The fourth-order valence-electron chi connectivity index (χ4n) is 1.54. The smallest absolute Gasteiger partial charge is 0.156 e. The Bertz CT molecular complexity index is 523. The average molecular weight is 317 g/mol. The Kier molecular flexibility index (Phi) is 5.20. The van der Waals surface area contributed by atoms with Crippen LogP contribution in [0.25, 0.3) is 0 Å². The molecule has 0 fully saturated rings. The zero-order valence-electron chi connectivity index (χ0n) is 10.00. The molecule has 0 radical (unpaired) electrons. The number of halogens is 3. The van der Waals surface area contributed by atoms with Crippen LogP contribution in [0.3, 0.4) is 0 Å². The van der Waals surface area contributed by atoms with Crippen LogP contribution in [0.5, 0.6) is 5.75 Å². The molecule has 0 aliphatic carbocycles. The predicted molar refractivity (Wildman–Crippen MR) is 81.9 cm³/mol. The van der Waals surface area contributed by atoms with Crippen LogP contribution >= 0.6 is 34.8 Å². The van der Waals surface area contributed by atoms with Gasteiger partial charge in [-0.3, -0.25) is 0 Å². The normalized spacial score (nSPS) is 10.3. The molecule has 0 saturated carbocycles.